The smallest absolute Gasteiger partial charge is 0.155 e. The second kappa shape index (κ2) is 4.13. The molecule has 0 unspecified atom stereocenters. The third kappa shape index (κ3) is 2.50. The van der Waals surface area contributed by atoms with E-state index >= 15 is 0 Å². The van der Waals surface area contributed by atoms with Gasteiger partial charge in [0.2, 0.25) is 0 Å². The number of hydrogen-bond donors (Lipinski definition) is 1. The van der Waals surface area contributed by atoms with E-state index in [0.717, 1.165) is 5.69 Å². The van der Waals surface area contributed by atoms with Crippen molar-refractivity contribution in [3.8, 4) is 23.7 Å². The predicted octanol–water partition coefficient (Wildman–Crippen LogP) is 1.36. The number of nitriles is 1. The summed E-state index contributed by atoms with van der Waals surface area (Å²) >= 11 is 0. The molecule has 0 saturated heterocycles. The zero-order valence-corrected chi connectivity index (χ0v) is 7.20. The molecular formula is C10H8N2O. The molecule has 0 atom stereocenters. The van der Waals surface area contributed by atoms with E-state index in [1.54, 1.807) is 12.1 Å². The highest BCUT2D eigenvalue weighted by molar-refractivity contribution is 5.40. The van der Waals surface area contributed by atoms with Gasteiger partial charge in [0.25, 0.3) is 0 Å². The van der Waals surface area contributed by atoms with Crippen LogP contribution in [0.5, 0.6) is 5.75 Å². The molecule has 0 aromatic carbocycles. The highest BCUT2D eigenvalue weighted by Crippen LogP contribution is 2.12. The van der Waals surface area contributed by atoms with Crippen LogP contribution in [0.25, 0.3) is 0 Å². The molecule has 1 heterocycles. The van der Waals surface area contributed by atoms with Gasteiger partial charge in [0, 0.05) is 5.69 Å². The zero-order valence-electron chi connectivity index (χ0n) is 7.20. The molecule has 1 rings (SSSR count). The Morgan fingerprint density at radius 3 is 3.00 bits per heavy atom. The van der Waals surface area contributed by atoms with Crippen molar-refractivity contribution in [2.45, 2.75) is 13.3 Å². The molecule has 0 saturated carbocycles. The van der Waals surface area contributed by atoms with E-state index in [2.05, 4.69) is 16.8 Å². The predicted molar refractivity (Wildman–Crippen MR) is 47.7 cm³/mol. The van der Waals surface area contributed by atoms with Crippen LogP contribution in [0.4, 0.5) is 0 Å². The maximum atomic E-state index is 9.29. The van der Waals surface area contributed by atoms with Gasteiger partial charge < -0.3 is 5.11 Å². The van der Waals surface area contributed by atoms with Crippen LogP contribution >= 0.6 is 0 Å². The number of pyridine rings is 1. The van der Waals surface area contributed by atoms with Crippen molar-refractivity contribution in [2.75, 3.05) is 0 Å². The number of aromatic hydroxyl groups is 1. The van der Waals surface area contributed by atoms with Crippen LogP contribution in [0.1, 0.15) is 17.8 Å². The maximum Gasteiger partial charge on any atom is 0.155 e. The molecule has 0 radical (unpaired) electrons. The first kappa shape index (κ1) is 9.09. The van der Waals surface area contributed by atoms with Crippen molar-refractivity contribution in [3.05, 3.63) is 23.5 Å². The Bertz CT molecular complexity index is 407. The van der Waals surface area contributed by atoms with E-state index in [0.29, 0.717) is 5.69 Å². The van der Waals surface area contributed by atoms with Gasteiger partial charge in [0.15, 0.2) is 5.69 Å². The molecule has 0 aliphatic heterocycles. The summed E-state index contributed by atoms with van der Waals surface area (Å²) in [5, 5.41) is 17.5. The molecule has 1 aromatic rings. The first-order chi connectivity index (χ1) is 6.24. The van der Waals surface area contributed by atoms with Crippen LogP contribution in [0.2, 0.25) is 0 Å². The topological polar surface area (TPSA) is 56.9 Å². The number of rotatable bonds is 0. The lowest BCUT2D eigenvalue weighted by molar-refractivity contribution is 0.470. The molecule has 64 valence electrons. The van der Waals surface area contributed by atoms with Crippen molar-refractivity contribution in [2.24, 2.45) is 0 Å². The summed E-state index contributed by atoms with van der Waals surface area (Å²) < 4.78 is 0. The van der Waals surface area contributed by atoms with Gasteiger partial charge in [-0.3, -0.25) is 0 Å². The second-order valence-corrected chi connectivity index (χ2v) is 2.46. The van der Waals surface area contributed by atoms with Crippen LogP contribution in [0, 0.1) is 30.1 Å². The first-order valence-corrected chi connectivity index (χ1v) is 3.76. The van der Waals surface area contributed by atoms with Crippen LogP contribution in [0.3, 0.4) is 0 Å². The number of nitrogens with zero attached hydrogens (tertiary/aromatic N) is 2. The highest BCUT2D eigenvalue weighted by Gasteiger charge is 1.97. The second-order valence-electron chi connectivity index (χ2n) is 2.46. The summed E-state index contributed by atoms with van der Waals surface area (Å²) in [6.45, 7) is 1.81. The van der Waals surface area contributed by atoms with Crippen molar-refractivity contribution in [1.29, 1.82) is 5.26 Å². The first-order valence-electron chi connectivity index (χ1n) is 3.76. The lowest BCUT2D eigenvalue weighted by Gasteiger charge is -1.96. The van der Waals surface area contributed by atoms with Crippen molar-refractivity contribution in [3.63, 3.8) is 0 Å². The average molecular weight is 172 g/mol. The Balaban J connectivity index is 2.97. The fourth-order valence-corrected chi connectivity index (χ4v) is 0.809. The van der Waals surface area contributed by atoms with Gasteiger partial charge in [-0.1, -0.05) is 5.92 Å². The summed E-state index contributed by atoms with van der Waals surface area (Å²) in [4.78, 5) is 4.01. The largest absolute Gasteiger partial charge is 0.505 e. The van der Waals surface area contributed by atoms with Crippen LogP contribution < -0.4 is 0 Å². The Morgan fingerprint density at radius 2 is 2.31 bits per heavy atom. The van der Waals surface area contributed by atoms with Gasteiger partial charge in [-0.15, -0.1) is 0 Å². The Kier molecular flexibility index (Phi) is 2.89. The molecule has 3 heteroatoms. The van der Waals surface area contributed by atoms with Crippen molar-refractivity contribution >= 4 is 0 Å². The van der Waals surface area contributed by atoms with Gasteiger partial charge in [-0.05, 0) is 25.0 Å². The number of aromatic nitrogens is 1. The summed E-state index contributed by atoms with van der Waals surface area (Å²) in [5.41, 5.74) is 1.12. The minimum atomic E-state index is 0.0519. The van der Waals surface area contributed by atoms with Gasteiger partial charge in [-0.25, -0.2) is 4.98 Å². The van der Waals surface area contributed by atoms with Crippen molar-refractivity contribution < 1.29 is 5.11 Å². The van der Waals surface area contributed by atoms with E-state index in [9.17, 15) is 5.11 Å². The normalized spacial score (nSPS) is 8.31. The minimum absolute atomic E-state index is 0.0519. The third-order valence-corrected chi connectivity index (χ3v) is 1.39. The van der Waals surface area contributed by atoms with E-state index in [4.69, 9.17) is 5.26 Å². The van der Waals surface area contributed by atoms with Gasteiger partial charge in [0.05, 0.1) is 12.5 Å². The third-order valence-electron chi connectivity index (χ3n) is 1.39. The van der Waals surface area contributed by atoms with E-state index in [-0.39, 0.29) is 12.2 Å². The number of hydrogen-bond acceptors (Lipinski definition) is 3. The van der Waals surface area contributed by atoms with Crippen LogP contribution in [0.15, 0.2) is 12.1 Å². The molecule has 0 spiro atoms. The average Bonchev–Trinajstić information content (AvgIpc) is 2.11. The lowest BCUT2D eigenvalue weighted by atomic mass is 10.3. The summed E-state index contributed by atoms with van der Waals surface area (Å²) in [6, 6.07) is 5.13. The molecule has 0 aliphatic rings. The molecule has 13 heavy (non-hydrogen) atoms. The molecule has 1 N–H and O–H groups in total. The molecule has 0 amide bonds. The maximum absolute atomic E-state index is 9.29. The van der Waals surface area contributed by atoms with Crippen molar-refractivity contribution in [1.82, 2.24) is 4.98 Å². The Hall–Kier alpha value is -2.00. The molecular weight excluding hydrogens is 164 g/mol. The SMILES string of the molecule is Cc1ccc(O)c(C#CCC#N)n1. The van der Waals surface area contributed by atoms with Gasteiger partial charge >= 0.3 is 0 Å². The Morgan fingerprint density at radius 1 is 1.54 bits per heavy atom. The van der Waals surface area contributed by atoms with Crippen LogP contribution in [-0.2, 0) is 0 Å². The Labute approximate surface area is 76.7 Å². The minimum Gasteiger partial charge on any atom is -0.505 e. The molecule has 0 fully saturated rings. The quantitative estimate of drug-likeness (QED) is 0.601. The summed E-state index contributed by atoms with van der Waals surface area (Å²) in [5.74, 6) is 5.26. The van der Waals surface area contributed by atoms with Gasteiger partial charge in [0.1, 0.15) is 5.75 Å². The monoisotopic (exact) mass is 172 g/mol. The highest BCUT2D eigenvalue weighted by atomic mass is 16.3. The molecule has 3 nitrogen and oxygen atoms in total. The van der Waals surface area contributed by atoms with E-state index < -0.39 is 0 Å². The fraction of sp³-hybridized carbons (Fsp3) is 0.200. The van der Waals surface area contributed by atoms with E-state index in [1.165, 1.54) is 0 Å². The van der Waals surface area contributed by atoms with Gasteiger partial charge in [-0.2, -0.15) is 5.26 Å². The molecule has 1 aromatic heterocycles. The zero-order chi connectivity index (χ0) is 9.68. The fourth-order valence-electron chi connectivity index (χ4n) is 0.809. The standard InChI is InChI=1S/C10H8N2O/c1-8-5-6-10(13)9(12-8)4-2-3-7-11/h5-6,13H,3H2,1H3. The van der Waals surface area contributed by atoms with E-state index in [1.807, 2.05) is 13.0 Å². The lowest BCUT2D eigenvalue weighted by Crippen LogP contribution is -1.86. The molecule has 0 bridgehead atoms. The van der Waals surface area contributed by atoms with Crippen LogP contribution in [-0.4, -0.2) is 10.1 Å². The summed E-state index contributed by atoms with van der Waals surface area (Å²) in [7, 11) is 0. The summed E-state index contributed by atoms with van der Waals surface area (Å²) in [6.07, 6.45) is 0.148. The molecule has 0 aliphatic carbocycles. The number of aryl methyl sites for hydroxylation is 1.